The number of anilines is 1. The molecule has 2 aromatic rings. The van der Waals surface area contributed by atoms with Crippen LogP contribution in [0.4, 0.5) is 16.2 Å². The Morgan fingerprint density at radius 1 is 1.04 bits per heavy atom. The summed E-state index contributed by atoms with van der Waals surface area (Å²) < 4.78 is 11.3. The van der Waals surface area contributed by atoms with Crippen LogP contribution in [-0.4, -0.2) is 33.3 Å². The van der Waals surface area contributed by atoms with Crippen molar-refractivity contribution in [3.8, 4) is 11.5 Å². The van der Waals surface area contributed by atoms with Crippen molar-refractivity contribution in [3.05, 3.63) is 48.5 Å². The lowest BCUT2D eigenvalue weighted by atomic mass is 10.2. The van der Waals surface area contributed by atoms with E-state index in [1.807, 2.05) is 12.1 Å². The highest BCUT2D eigenvalue weighted by molar-refractivity contribution is 5.86. The molecule has 0 heterocycles. The van der Waals surface area contributed by atoms with Crippen molar-refractivity contribution in [2.45, 2.75) is 13.8 Å². The van der Waals surface area contributed by atoms with E-state index in [1.165, 1.54) is 0 Å². The van der Waals surface area contributed by atoms with Crippen LogP contribution in [0.2, 0.25) is 0 Å². The van der Waals surface area contributed by atoms with Crippen molar-refractivity contribution in [2.75, 3.05) is 32.6 Å². The number of carbonyl (C=O) groups is 1. The molecule has 0 atom stereocenters. The van der Waals surface area contributed by atoms with Crippen molar-refractivity contribution in [2.24, 2.45) is 0 Å². The van der Waals surface area contributed by atoms with Gasteiger partial charge in [-0.15, -0.1) is 0 Å². The molecule has 0 aliphatic heterocycles. The Hall–Kier alpha value is -2.53. The summed E-state index contributed by atoms with van der Waals surface area (Å²) in [7, 11) is 3.76. The summed E-state index contributed by atoms with van der Waals surface area (Å²) >= 11 is 0. The van der Waals surface area contributed by atoms with Crippen LogP contribution in [0.1, 0.15) is 13.8 Å². The van der Waals surface area contributed by atoms with Crippen LogP contribution in [0.25, 0.3) is 0 Å². The highest BCUT2D eigenvalue weighted by atomic mass is 16.6. The molecule has 128 valence electrons. The highest BCUT2D eigenvalue weighted by Gasteiger charge is 2.21. The smallest absolute Gasteiger partial charge is 0.417 e. The number of nitrogens with one attached hydrogen (secondary N) is 1. The zero-order valence-corrected chi connectivity index (χ0v) is 14.7. The third kappa shape index (κ3) is 4.26. The van der Waals surface area contributed by atoms with Crippen LogP contribution < -0.4 is 19.3 Å². The minimum absolute atomic E-state index is 0.514. The number of nitrogens with zero attached hydrogens (tertiary/aromatic N) is 1. The molecule has 0 spiro atoms. The van der Waals surface area contributed by atoms with E-state index in [-0.39, 0.29) is 0 Å². The fourth-order valence-electron chi connectivity index (χ4n) is 2.40. The molecule has 0 saturated carbocycles. The van der Waals surface area contributed by atoms with Crippen LogP contribution in [0, 0.1) is 0 Å². The monoisotopic (exact) mass is 329 g/mol. The molecule has 1 amide bonds. The van der Waals surface area contributed by atoms with Crippen LogP contribution >= 0.6 is 0 Å². The summed E-state index contributed by atoms with van der Waals surface area (Å²) in [4.78, 5) is 12.1. The zero-order chi connectivity index (χ0) is 17.6. The van der Waals surface area contributed by atoms with Gasteiger partial charge in [-0.05, 0) is 50.2 Å². The van der Waals surface area contributed by atoms with Gasteiger partial charge in [0.25, 0.3) is 0 Å². The van der Waals surface area contributed by atoms with Gasteiger partial charge < -0.3 is 9.47 Å². The molecule has 2 aromatic carbocycles. The molecule has 2 rings (SSSR count). The molecular weight excluding hydrogens is 304 g/mol. The fourth-order valence-corrected chi connectivity index (χ4v) is 2.40. The summed E-state index contributed by atoms with van der Waals surface area (Å²) in [5.74, 6) is 1.27. The summed E-state index contributed by atoms with van der Waals surface area (Å²) in [6, 6.07) is 14.8. The summed E-state index contributed by atoms with van der Waals surface area (Å²) in [6.45, 7) is 6.23. The molecule has 0 saturated heterocycles. The molecule has 0 unspecified atom stereocenters. The number of carbonyl (C=O) groups excluding carboxylic acids is 1. The van der Waals surface area contributed by atoms with Crippen molar-refractivity contribution >= 4 is 17.5 Å². The van der Waals surface area contributed by atoms with Gasteiger partial charge in [0.15, 0.2) is 0 Å². The van der Waals surface area contributed by atoms with E-state index >= 15 is 0 Å². The first kappa shape index (κ1) is 17.8. The molecule has 24 heavy (non-hydrogen) atoms. The Kier molecular flexibility index (Phi) is 5.82. The predicted molar refractivity (Wildman–Crippen MR) is 97.9 cm³/mol. The topological polar surface area (TPSA) is 47.6 Å². The van der Waals surface area contributed by atoms with E-state index in [9.17, 15) is 4.79 Å². The van der Waals surface area contributed by atoms with Gasteiger partial charge in [-0.25, -0.2) is 4.79 Å². The molecular formula is C19H25N2O3+. The number of benzene rings is 2. The van der Waals surface area contributed by atoms with Crippen molar-refractivity contribution in [1.29, 1.82) is 0 Å². The van der Waals surface area contributed by atoms with E-state index in [1.54, 1.807) is 37.4 Å². The largest absolute Gasteiger partial charge is 0.497 e. The van der Waals surface area contributed by atoms with Gasteiger partial charge in [-0.2, -0.15) is 0 Å². The lowest BCUT2D eigenvalue weighted by molar-refractivity contribution is 0.215. The molecule has 1 N–H and O–H groups in total. The van der Waals surface area contributed by atoms with Crippen LogP contribution in [-0.2, 0) is 0 Å². The Morgan fingerprint density at radius 3 is 2.29 bits per heavy atom. The lowest BCUT2D eigenvalue weighted by Gasteiger charge is -2.31. The molecule has 5 heteroatoms. The Balaban J connectivity index is 2.06. The van der Waals surface area contributed by atoms with Crippen LogP contribution in [0.5, 0.6) is 11.5 Å². The van der Waals surface area contributed by atoms with Crippen molar-refractivity contribution in [3.63, 3.8) is 0 Å². The highest BCUT2D eigenvalue weighted by Crippen LogP contribution is 2.26. The first-order valence-corrected chi connectivity index (χ1v) is 8.08. The van der Waals surface area contributed by atoms with E-state index in [0.717, 1.165) is 29.0 Å². The molecule has 0 bridgehead atoms. The fraction of sp³-hybridized carbons (Fsp3) is 0.316. The second kappa shape index (κ2) is 7.84. The Morgan fingerprint density at radius 2 is 1.71 bits per heavy atom. The molecule has 0 fully saturated rings. The molecule has 0 radical (unpaired) electrons. The van der Waals surface area contributed by atoms with Gasteiger partial charge in [-0.1, -0.05) is 6.07 Å². The standard InChI is InChI=1S/C19H24N2O3/c1-5-21(3,6-2)16-8-7-9-18(14-16)24-19(22)20-15-10-12-17(23-4)13-11-15/h7-14H,5-6H2,1-4H3/p+1. The summed E-state index contributed by atoms with van der Waals surface area (Å²) in [5, 5.41) is 2.71. The van der Waals surface area contributed by atoms with Gasteiger partial charge >= 0.3 is 6.09 Å². The number of amides is 1. The first-order chi connectivity index (χ1) is 11.5. The summed E-state index contributed by atoms with van der Waals surface area (Å²) in [5.41, 5.74) is 1.77. The number of ether oxygens (including phenoxy) is 2. The number of hydrogen-bond donors (Lipinski definition) is 1. The third-order valence-electron chi connectivity index (χ3n) is 4.38. The van der Waals surface area contributed by atoms with E-state index in [2.05, 4.69) is 32.3 Å². The summed E-state index contributed by atoms with van der Waals surface area (Å²) in [6.07, 6.45) is -0.514. The molecule has 0 aliphatic carbocycles. The lowest BCUT2D eigenvalue weighted by Crippen LogP contribution is -2.44. The second-order valence-electron chi connectivity index (χ2n) is 5.77. The third-order valence-corrected chi connectivity index (χ3v) is 4.38. The van der Waals surface area contributed by atoms with Crippen LogP contribution in [0.3, 0.4) is 0 Å². The maximum absolute atomic E-state index is 12.1. The van der Waals surface area contributed by atoms with E-state index in [4.69, 9.17) is 9.47 Å². The number of rotatable bonds is 6. The quantitative estimate of drug-likeness (QED) is 0.805. The average Bonchev–Trinajstić information content (AvgIpc) is 2.61. The second-order valence-corrected chi connectivity index (χ2v) is 5.77. The van der Waals surface area contributed by atoms with Gasteiger partial charge in [-0.3, -0.25) is 9.80 Å². The van der Waals surface area contributed by atoms with Crippen molar-refractivity contribution < 1.29 is 14.3 Å². The van der Waals surface area contributed by atoms with E-state index < -0.39 is 6.09 Å². The maximum atomic E-state index is 12.1. The molecule has 5 nitrogen and oxygen atoms in total. The number of quaternary nitrogens is 1. The SMILES string of the molecule is CC[N+](C)(CC)c1cccc(OC(=O)Nc2ccc(OC)cc2)c1. The molecule has 0 aliphatic rings. The zero-order valence-electron chi connectivity index (χ0n) is 14.7. The minimum atomic E-state index is -0.514. The number of hydrogen-bond acceptors (Lipinski definition) is 3. The maximum Gasteiger partial charge on any atom is 0.417 e. The van der Waals surface area contributed by atoms with E-state index in [0.29, 0.717) is 11.4 Å². The predicted octanol–water partition coefficient (Wildman–Crippen LogP) is 4.28. The van der Waals surface area contributed by atoms with Gasteiger partial charge in [0.05, 0.1) is 27.2 Å². The van der Waals surface area contributed by atoms with Gasteiger partial charge in [0.2, 0.25) is 0 Å². The van der Waals surface area contributed by atoms with Crippen molar-refractivity contribution in [1.82, 2.24) is 4.48 Å². The Bertz CT molecular complexity index is 679. The van der Waals surface area contributed by atoms with Gasteiger partial charge in [0.1, 0.15) is 17.2 Å². The minimum Gasteiger partial charge on any atom is -0.497 e. The first-order valence-electron chi connectivity index (χ1n) is 8.08. The number of methoxy groups -OCH3 is 1. The normalized spacial score (nSPS) is 11.0. The van der Waals surface area contributed by atoms with Crippen LogP contribution in [0.15, 0.2) is 48.5 Å². The Labute approximate surface area is 143 Å². The average molecular weight is 329 g/mol. The van der Waals surface area contributed by atoms with Gasteiger partial charge in [0, 0.05) is 11.8 Å². The molecule has 0 aromatic heterocycles.